The molecule has 1 aromatic carbocycles. The summed E-state index contributed by atoms with van der Waals surface area (Å²) >= 11 is 0. The predicted molar refractivity (Wildman–Crippen MR) is 45.4 cm³/mol. The second kappa shape index (κ2) is 2.48. The van der Waals surface area contributed by atoms with Gasteiger partial charge >= 0.3 is 11.3 Å². The Morgan fingerprint density at radius 3 is 2.54 bits per heavy atom. The SMILES string of the molecule is Nc1cccc2oc(=O)c(=O)oc12. The number of nitrogens with two attached hydrogens (primary N) is 1. The van der Waals surface area contributed by atoms with Crippen LogP contribution >= 0.6 is 0 Å². The van der Waals surface area contributed by atoms with E-state index in [0.29, 0.717) is 0 Å². The van der Waals surface area contributed by atoms with Gasteiger partial charge in [0.25, 0.3) is 0 Å². The van der Waals surface area contributed by atoms with Crippen LogP contribution in [0.2, 0.25) is 0 Å². The summed E-state index contributed by atoms with van der Waals surface area (Å²) in [4.78, 5) is 21.5. The molecule has 0 spiro atoms. The van der Waals surface area contributed by atoms with Crippen molar-refractivity contribution in [1.82, 2.24) is 0 Å². The molecular formula is C8H5NO4. The lowest BCUT2D eigenvalue weighted by molar-refractivity contribution is 0.449. The highest BCUT2D eigenvalue weighted by atomic mass is 16.5. The van der Waals surface area contributed by atoms with Crippen LogP contribution in [0.1, 0.15) is 0 Å². The molecule has 2 aromatic rings. The maximum atomic E-state index is 10.8. The van der Waals surface area contributed by atoms with E-state index < -0.39 is 11.3 Å². The largest absolute Gasteiger partial charge is 0.423 e. The van der Waals surface area contributed by atoms with Crippen molar-refractivity contribution in [1.29, 1.82) is 0 Å². The number of benzene rings is 1. The fraction of sp³-hybridized carbons (Fsp3) is 0. The molecule has 0 unspecified atom stereocenters. The molecule has 0 fully saturated rings. The summed E-state index contributed by atoms with van der Waals surface area (Å²) in [5.74, 6) is 0. The van der Waals surface area contributed by atoms with Crippen LogP contribution < -0.4 is 17.0 Å². The molecule has 0 aliphatic rings. The van der Waals surface area contributed by atoms with E-state index in [1.807, 2.05) is 0 Å². The average Bonchev–Trinajstić information content (AvgIpc) is 2.09. The number of rotatable bonds is 0. The molecule has 0 aliphatic carbocycles. The van der Waals surface area contributed by atoms with Crippen molar-refractivity contribution in [3.05, 3.63) is 39.0 Å². The molecule has 1 heterocycles. The average molecular weight is 179 g/mol. The van der Waals surface area contributed by atoms with Crippen LogP contribution in [0.25, 0.3) is 11.2 Å². The second-order valence-electron chi connectivity index (χ2n) is 2.45. The Morgan fingerprint density at radius 1 is 1.08 bits per heavy atom. The molecule has 2 N–H and O–H groups in total. The van der Waals surface area contributed by atoms with E-state index >= 15 is 0 Å². The molecule has 2 rings (SSSR count). The highest BCUT2D eigenvalue weighted by Gasteiger charge is 2.05. The van der Waals surface area contributed by atoms with Crippen molar-refractivity contribution >= 4 is 16.9 Å². The van der Waals surface area contributed by atoms with Crippen molar-refractivity contribution < 1.29 is 8.83 Å². The highest BCUT2D eigenvalue weighted by Crippen LogP contribution is 2.16. The molecule has 0 aliphatic heterocycles. The normalized spacial score (nSPS) is 10.5. The first-order valence-corrected chi connectivity index (χ1v) is 3.51. The minimum atomic E-state index is -1.05. The fourth-order valence-electron chi connectivity index (χ4n) is 0.998. The molecule has 66 valence electrons. The van der Waals surface area contributed by atoms with Crippen molar-refractivity contribution in [2.24, 2.45) is 0 Å². The molecule has 13 heavy (non-hydrogen) atoms. The van der Waals surface area contributed by atoms with E-state index in [0.717, 1.165) is 0 Å². The third-order valence-corrected chi connectivity index (χ3v) is 1.57. The highest BCUT2D eigenvalue weighted by molar-refractivity contribution is 5.82. The zero-order chi connectivity index (χ0) is 9.42. The molecule has 0 saturated heterocycles. The van der Waals surface area contributed by atoms with Crippen LogP contribution in [0.15, 0.2) is 36.6 Å². The van der Waals surface area contributed by atoms with Gasteiger partial charge in [-0.3, -0.25) is 0 Å². The number of nitrogen functional groups attached to an aromatic ring is 1. The number of hydrogen-bond acceptors (Lipinski definition) is 5. The van der Waals surface area contributed by atoms with Gasteiger partial charge in [0.15, 0.2) is 11.2 Å². The summed E-state index contributed by atoms with van der Waals surface area (Å²) in [6.45, 7) is 0. The summed E-state index contributed by atoms with van der Waals surface area (Å²) in [5.41, 5.74) is 3.94. The fourth-order valence-corrected chi connectivity index (χ4v) is 0.998. The maximum Gasteiger partial charge on any atom is 0.423 e. The van der Waals surface area contributed by atoms with Crippen LogP contribution in [0, 0.1) is 0 Å². The van der Waals surface area contributed by atoms with Crippen LogP contribution in [0.5, 0.6) is 0 Å². The summed E-state index contributed by atoms with van der Waals surface area (Å²) in [6.07, 6.45) is 0. The van der Waals surface area contributed by atoms with Crippen LogP contribution in [0.4, 0.5) is 5.69 Å². The van der Waals surface area contributed by atoms with Crippen molar-refractivity contribution in [2.45, 2.75) is 0 Å². The van der Waals surface area contributed by atoms with Gasteiger partial charge in [-0.15, -0.1) is 0 Å². The molecule has 0 amide bonds. The van der Waals surface area contributed by atoms with Crippen LogP contribution in [0.3, 0.4) is 0 Å². The predicted octanol–water partition coefficient (Wildman–Crippen LogP) is 0.328. The lowest BCUT2D eigenvalue weighted by atomic mass is 10.3. The summed E-state index contributed by atoms with van der Waals surface area (Å²) in [7, 11) is 0. The van der Waals surface area contributed by atoms with Gasteiger partial charge < -0.3 is 14.6 Å². The van der Waals surface area contributed by atoms with Gasteiger partial charge in [0.2, 0.25) is 0 Å². The minimum Gasteiger partial charge on any atom is -0.414 e. The van der Waals surface area contributed by atoms with Crippen LogP contribution in [-0.2, 0) is 0 Å². The maximum absolute atomic E-state index is 10.8. The summed E-state index contributed by atoms with van der Waals surface area (Å²) in [6, 6.07) is 4.64. The van der Waals surface area contributed by atoms with E-state index in [1.165, 1.54) is 6.07 Å². The third-order valence-electron chi connectivity index (χ3n) is 1.57. The smallest absolute Gasteiger partial charge is 0.414 e. The first kappa shape index (κ1) is 7.60. The molecule has 5 heteroatoms. The Kier molecular flexibility index (Phi) is 1.45. The van der Waals surface area contributed by atoms with Crippen molar-refractivity contribution in [3.63, 3.8) is 0 Å². The zero-order valence-electron chi connectivity index (χ0n) is 6.44. The molecule has 1 aromatic heterocycles. The first-order valence-electron chi connectivity index (χ1n) is 3.51. The van der Waals surface area contributed by atoms with Crippen molar-refractivity contribution in [3.8, 4) is 0 Å². The Bertz CT molecular complexity index is 566. The lowest BCUT2D eigenvalue weighted by Crippen LogP contribution is -2.21. The van der Waals surface area contributed by atoms with E-state index in [1.54, 1.807) is 12.1 Å². The van der Waals surface area contributed by atoms with Gasteiger partial charge in [-0.05, 0) is 12.1 Å². The standard InChI is InChI=1S/C8H5NO4/c9-4-2-1-3-5-6(4)13-8(11)7(10)12-5/h1-3H,9H2. The number of para-hydroxylation sites is 1. The first-order chi connectivity index (χ1) is 6.18. The molecule has 0 saturated carbocycles. The van der Waals surface area contributed by atoms with E-state index in [2.05, 4.69) is 8.83 Å². The summed E-state index contributed by atoms with van der Waals surface area (Å²) < 4.78 is 9.27. The Balaban J connectivity index is 3.06. The monoisotopic (exact) mass is 179 g/mol. The Hall–Kier alpha value is -2.04. The van der Waals surface area contributed by atoms with Gasteiger partial charge in [0, 0.05) is 0 Å². The number of hydrogen-bond donors (Lipinski definition) is 1. The van der Waals surface area contributed by atoms with Gasteiger partial charge in [0.1, 0.15) is 0 Å². The van der Waals surface area contributed by atoms with E-state index in [-0.39, 0.29) is 16.9 Å². The second-order valence-corrected chi connectivity index (χ2v) is 2.45. The third kappa shape index (κ3) is 1.10. The Morgan fingerprint density at radius 2 is 1.77 bits per heavy atom. The minimum absolute atomic E-state index is 0.104. The molecule has 0 bridgehead atoms. The van der Waals surface area contributed by atoms with Gasteiger partial charge in [-0.25, -0.2) is 9.59 Å². The van der Waals surface area contributed by atoms with E-state index in [9.17, 15) is 9.59 Å². The Labute approximate surface area is 71.4 Å². The molecule has 5 nitrogen and oxygen atoms in total. The van der Waals surface area contributed by atoms with Gasteiger partial charge in [-0.1, -0.05) is 6.07 Å². The van der Waals surface area contributed by atoms with Crippen LogP contribution in [-0.4, -0.2) is 0 Å². The van der Waals surface area contributed by atoms with Crippen molar-refractivity contribution in [2.75, 3.05) is 5.73 Å². The topological polar surface area (TPSA) is 86.4 Å². The number of anilines is 1. The van der Waals surface area contributed by atoms with Gasteiger partial charge in [-0.2, -0.15) is 0 Å². The molecular weight excluding hydrogens is 174 g/mol. The number of fused-ring (bicyclic) bond motifs is 1. The van der Waals surface area contributed by atoms with Gasteiger partial charge in [0.05, 0.1) is 5.69 Å². The quantitative estimate of drug-likeness (QED) is 0.465. The van der Waals surface area contributed by atoms with E-state index in [4.69, 9.17) is 5.73 Å². The zero-order valence-corrected chi connectivity index (χ0v) is 6.44. The lowest BCUT2D eigenvalue weighted by Gasteiger charge is -1.95. The molecule has 0 atom stereocenters. The summed E-state index contributed by atoms with van der Waals surface area (Å²) in [5, 5.41) is 0. The molecule has 0 radical (unpaired) electrons.